The van der Waals surface area contributed by atoms with E-state index in [1.54, 1.807) is 18.2 Å². The summed E-state index contributed by atoms with van der Waals surface area (Å²) in [6.07, 6.45) is 3.69. The number of nitrogens with one attached hydrogen (secondary N) is 2. The number of benzene rings is 1. The van der Waals surface area contributed by atoms with Crippen LogP contribution < -0.4 is 15.4 Å². The second-order valence-corrected chi connectivity index (χ2v) is 7.21. The van der Waals surface area contributed by atoms with Crippen molar-refractivity contribution >= 4 is 29.9 Å². The second-order valence-electron chi connectivity index (χ2n) is 7.21. The van der Waals surface area contributed by atoms with Crippen LogP contribution >= 0.6 is 24.0 Å². The number of nitrogens with zero attached hydrogens (tertiary/aromatic N) is 1. The summed E-state index contributed by atoms with van der Waals surface area (Å²) in [6, 6.07) is 6.47. The lowest BCUT2D eigenvalue weighted by Gasteiger charge is -2.21. The molecule has 1 aromatic rings. The third kappa shape index (κ3) is 10.8. The molecule has 0 radical (unpaired) electrons. The topological polar surface area (TPSA) is 64.1 Å². The summed E-state index contributed by atoms with van der Waals surface area (Å²) in [7, 11) is 0. The lowest BCUT2D eigenvalue weighted by molar-refractivity contribution is 0.0203. The average Bonchev–Trinajstić information content (AvgIpc) is 2.75. The lowest BCUT2D eigenvalue weighted by Crippen LogP contribution is -2.39. The van der Waals surface area contributed by atoms with Crippen LogP contribution in [0.1, 0.15) is 39.5 Å². The molecule has 172 valence electrons. The van der Waals surface area contributed by atoms with Crippen LogP contribution in [0.4, 0.5) is 4.39 Å². The maximum absolute atomic E-state index is 13.8. The minimum absolute atomic E-state index is 0. The van der Waals surface area contributed by atoms with Gasteiger partial charge in [0.2, 0.25) is 0 Å². The van der Waals surface area contributed by atoms with E-state index in [2.05, 4.69) is 15.6 Å². The Balaban J connectivity index is 0.00000450. The van der Waals surface area contributed by atoms with Crippen molar-refractivity contribution < 1.29 is 18.6 Å². The van der Waals surface area contributed by atoms with Gasteiger partial charge in [-0.15, -0.1) is 24.0 Å². The fourth-order valence-corrected chi connectivity index (χ4v) is 3.05. The Morgan fingerprint density at radius 3 is 2.70 bits per heavy atom. The van der Waals surface area contributed by atoms with E-state index in [4.69, 9.17) is 14.2 Å². The molecule has 0 spiro atoms. The Hall–Kier alpha value is -1.13. The third-order valence-electron chi connectivity index (χ3n) is 4.84. The molecule has 2 rings (SSSR count). The van der Waals surface area contributed by atoms with Crippen LogP contribution in [0.25, 0.3) is 0 Å². The van der Waals surface area contributed by atoms with Crippen LogP contribution in [0, 0.1) is 11.7 Å². The quantitative estimate of drug-likeness (QED) is 0.183. The van der Waals surface area contributed by atoms with Gasteiger partial charge in [-0.3, -0.25) is 0 Å². The molecular weight excluding hydrogens is 500 g/mol. The van der Waals surface area contributed by atoms with Crippen LogP contribution in [-0.2, 0) is 9.47 Å². The first-order valence-electron chi connectivity index (χ1n) is 10.8. The highest BCUT2D eigenvalue weighted by Gasteiger charge is 2.13. The molecule has 0 aliphatic carbocycles. The highest BCUT2D eigenvalue weighted by molar-refractivity contribution is 14.0. The summed E-state index contributed by atoms with van der Waals surface area (Å²) in [5.74, 6) is 1.30. The van der Waals surface area contributed by atoms with E-state index < -0.39 is 0 Å². The van der Waals surface area contributed by atoms with Gasteiger partial charge in [0.05, 0.1) is 6.54 Å². The van der Waals surface area contributed by atoms with Crippen molar-refractivity contribution in [3.63, 3.8) is 0 Å². The molecule has 2 N–H and O–H groups in total. The van der Waals surface area contributed by atoms with Crippen LogP contribution in [0.2, 0.25) is 0 Å². The largest absolute Gasteiger partial charge is 0.485 e. The molecule has 6 nitrogen and oxygen atoms in total. The first-order valence-corrected chi connectivity index (χ1v) is 10.8. The Kier molecular flexibility index (Phi) is 14.8. The highest BCUT2D eigenvalue weighted by atomic mass is 127. The van der Waals surface area contributed by atoms with Crippen LogP contribution in [-0.4, -0.2) is 58.1 Å². The highest BCUT2D eigenvalue weighted by Crippen LogP contribution is 2.18. The minimum atomic E-state index is -0.347. The first-order chi connectivity index (χ1) is 14.2. The van der Waals surface area contributed by atoms with Crippen molar-refractivity contribution in [2.24, 2.45) is 10.9 Å². The van der Waals surface area contributed by atoms with Crippen molar-refractivity contribution in [3.05, 3.63) is 30.1 Å². The van der Waals surface area contributed by atoms with Crippen molar-refractivity contribution in [1.29, 1.82) is 0 Å². The molecular formula is C22H37FIN3O3. The zero-order chi connectivity index (χ0) is 20.7. The standard InChI is InChI=1S/C22H36FN3O3.HI/c1-3-19(29-21-9-6-5-8-20(21)23)16-26-22(24-4-2)25-12-7-13-28-17-18-10-14-27-15-11-18;/h5-6,8-9,18-19H,3-4,7,10-17H2,1-2H3,(H2,24,25,26);1H. The van der Waals surface area contributed by atoms with Crippen molar-refractivity contribution in [2.75, 3.05) is 46.1 Å². The van der Waals surface area contributed by atoms with Gasteiger partial charge < -0.3 is 24.8 Å². The molecule has 0 amide bonds. The lowest BCUT2D eigenvalue weighted by atomic mass is 10.0. The number of ether oxygens (including phenoxy) is 3. The Labute approximate surface area is 197 Å². The van der Waals surface area contributed by atoms with E-state index in [-0.39, 0.29) is 41.6 Å². The molecule has 1 fully saturated rings. The normalized spacial score (nSPS) is 15.9. The fourth-order valence-electron chi connectivity index (χ4n) is 3.05. The molecule has 1 aromatic carbocycles. The SMILES string of the molecule is CCNC(=NCC(CC)Oc1ccccc1F)NCCCOCC1CCOCC1.I. The summed E-state index contributed by atoms with van der Waals surface area (Å²) in [5.41, 5.74) is 0. The third-order valence-corrected chi connectivity index (χ3v) is 4.84. The summed E-state index contributed by atoms with van der Waals surface area (Å²) in [4.78, 5) is 4.59. The predicted octanol–water partition coefficient (Wildman–Crippen LogP) is 3.99. The number of guanidine groups is 1. The number of rotatable bonds is 12. The van der Waals surface area contributed by atoms with E-state index in [1.807, 2.05) is 13.8 Å². The molecule has 0 aromatic heterocycles. The zero-order valence-corrected chi connectivity index (χ0v) is 20.5. The Morgan fingerprint density at radius 1 is 1.23 bits per heavy atom. The summed E-state index contributed by atoms with van der Waals surface area (Å²) in [6.45, 7) is 9.33. The number of para-hydroxylation sites is 1. The summed E-state index contributed by atoms with van der Waals surface area (Å²) >= 11 is 0. The van der Waals surface area contributed by atoms with E-state index in [9.17, 15) is 4.39 Å². The van der Waals surface area contributed by atoms with E-state index in [1.165, 1.54) is 6.07 Å². The molecule has 0 saturated carbocycles. The molecule has 1 unspecified atom stereocenters. The minimum Gasteiger partial charge on any atom is -0.485 e. The van der Waals surface area contributed by atoms with Crippen LogP contribution in [0.3, 0.4) is 0 Å². The average molecular weight is 537 g/mol. The van der Waals surface area contributed by atoms with Crippen LogP contribution in [0.5, 0.6) is 5.75 Å². The van der Waals surface area contributed by atoms with Crippen molar-refractivity contribution in [2.45, 2.75) is 45.6 Å². The molecule has 8 heteroatoms. The van der Waals surface area contributed by atoms with Gasteiger partial charge in [-0.1, -0.05) is 19.1 Å². The Morgan fingerprint density at radius 2 is 2.00 bits per heavy atom. The maximum atomic E-state index is 13.8. The number of halogens is 2. The van der Waals surface area contributed by atoms with Crippen molar-refractivity contribution in [3.8, 4) is 5.75 Å². The second kappa shape index (κ2) is 16.5. The maximum Gasteiger partial charge on any atom is 0.191 e. The fraction of sp³-hybridized carbons (Fsp3) is 0.682. The van der Waals surface area contributed by atoms with Gasteiger partial charge in [-0.25, -0.2) is 9.38 Å². The molecule has 1 atom stereocenters. The molecule has 1 aliphatic rings. The number of hydrogen-bond acceptors (Lipinski definition) is 4. The van der Waals surface area contributed by atoms with Gasteiger partial charge in [0.25, 0.3) is 0 Å². The molecule has 0 bridgehead atoms. The van der Waals surface area contributed by atoms with E-state index in [0.29, 0.717) is 12.5 Å². The predicted molar refractivity (Wildman–Crippen MR) is 129 cm³/mol. The first kappa shape index (κ1) is 26.9. The van der Waals surface area contributed by atoms with Gasteiger partial charge in [0, 0.05) is 39.5 Å². The zero-order valence-electron chi connectivity index (χ0n) is 18.2. The molecule has 1 heterocycles. The van der Waals surface area contributed by atoms with Gasteiger partial charge in [0.15, 0.2) is 17.5 Å². The smallest absolute Gasteiger partial charge is 0.191 e. The number of aliphatic imine (C=N–C) groups is 1. The monoisotopic (exact) mass is 537 g/mol. The molecule has 1 saturated heterocycles. The van der Waals surface area contributed by atoms with Gasteiger partial charge in [-0.2, -0.15) is 0 Å². The van der Waals surface area contributed by atoms with Crippen molar-refractivity contribution in [1.82, 2.24) is 10.6 Å². The molecule has 30 heavy (non-hydrogen) atoms. The van der Waals surface area contributed by atoms with Gasteiger partial charge >= 0.3 is 0 Å². The molecule has 1 aliphatic heterocycles. The summed E-state index contributed by atoms with van der Waals surface area (Å²) in [5, 5.41) is 6.56. The number of hydrogen-bond donors (Lipinski definition) is 2. The Bertz CT molecular complexity index is 601. The van der Waals surface area contributed by atoms with Gasteiger partial charge in [0.1, 0.15) is 6.10 Å². The van der Waals surface area contributed by atoms with E-state index in [0.717, 1.165) is 71.2 Å². The van der Waals surface area contributed by atoms with Gasteiger partial charge in [-0.05, 0) is 50.7 Å². The summed E-state index contributed by atoms with van der Waals surface area (Å²) < 4.78 is 30.7. The van der Waals surface area contributed by atoms with E-state index >= 15 is 0 Å². The van der Waals surface area contributed by atoms with Crippen LogP contribution in [0.15, 0.2) is 29.3 Å².